The van der Waals surface area contributed by atoms with Crippen LogP contribution in [0.5, 0.6) is 0 Å². The fourth-order valence-corrected chi connectivity index (χ4v) is 3.93. The molecule has 5 heteroatoms. The second-order valence-corrected chi connectivity index (χ2v) is 6.71. The van der Waals surface area contributed by atoms with Gasteiger partial charge >= 0.3 is 0 Å². The minimum atomic E-state index is -0.207. The molecule has 2 fully saturated rings. The summed E-state index contributed by atoms with van der Waals surface area (Å²) >= 11 is 0. The number of benzene rings is 1. The van der Waals surface area contributed by atoms with Crippen LogP contribution in [0.1, 0.15) is 41.6 Å². The van der Waals surface area contributed by atoms with Crippen molar-refractivity contribution in [3.8, 4) is 0 Å². The molecule has 0 unspecified atom stereocenters. The van der Waals surface area contributed by atoms with Gasteiger partial charge in [-0.15, -0.1) is 0 Å². The van der Waals surface area contributed by atoms with E-state index in [9.17, 15) is 4.79 Å². The molecule has 0 aromatic heterocycles. The first kappa shape index (κ1) is 17.4. The first-order valence-corrected chi connectivity index (χ1v) is 8.72. The van der Waals surface area contributed by atoms with E-state index < -0.39 is 0 Å². The van der Waals surface area contributed by atoms with Crippen LogP contribution < -0.4 is 0 Å². The molecule has 0 N–H and O–H groups in total. The van der Waals surface area contributed by atoms with E-state index in [1.54, 1.807) is 14.2 Å². The average Bonchev–Trinajstić information content (AvgIpc) is 2.63. The Morgan fingerprint density at radius 3 is 2.83 bits per heavy atom. The van der Waals surface area contributed by atoms with E-state index in [4.69, 9.17) is 14.2 Å². The molecule has 0 saturated carbocycles. The van der Waals surface area contributed by atoms with E-state index in [-0.39, 0.29) is 17.6 Å². The number of rotatable bonds is 4. The summed E-state index contributed by atoms with van der Waals surface area (Å²) < 4.78 is 16.9. The maximum atomic E-state index is 12.8. The van der Waals surface area contributed by atoms with Gasteiger partial charge in [0.05, 0.1) is 18.3 Å². The molecule has 1 atom stereocenters. The monoisotopic (exact) mass is 333 g/mol. The lowest BCUT2D eigenvalue weighted by Gasteiger charge is -2.48. The van der Waals surface area contributed by atoms with Crippen molar-refractivity contribution in [3.05, 3.63) is 35.4 Å². The molecule has 24 heavy (non-hydrogen) atoms. The number of piperidine rings is 1. The number of carbonyl (C=O) groups is 1. The molecular weight excluding hydrogens is 306 g/mol. The fraction of sp³-hybridized carbons (Fsp3) is 0.632. The summed E-state index contributed by atoms with van der Waals surface area (Å²) in [6.45, 7) is 2.75. The first-order valence-electron chi connectivity index (χ1n) is 8.72. The summed E-state index contributed by atoms with van der Waals surface area (Å²) in [5.41, 5.74) is 1.54. The zero-order valence-corrected chi connectivity index (χ0v) is 14.6. The lowest BCUT2D eigenvalue weighted by atomic mass is 9.81. The molecule has 132 valence electrons. The molecule has 1 aromatic carbocycles. The van der Waals surface area contributed by atoms with E-state index in [0.29, 0.717) is 19.7 Å². The third-order valence-corrected chi connectivity index (χ3v) is 5.25. The quantitative estimate of drug-likeness (QED) is 0.850. The molecule has 1 aromatic rings. The van der Waals surface area contributed by atoms with Gasteiger partial charge in [0.1, 0.15) is 0 Å². The summed E-state index contributed by atoms with van der Waals surface area (Å²) in [7, 11) is 3.43. The van der Waals surface area contributed by atoms with Crippen LogP contribution in [0.15, 0.2) is 24.3 Å². The Hall–Kier alpha value is -1.43. The topological polar surface area (TPSA) is 48.0 Å². The van der Waals surface area contributed by atoms with Crippen molar-refractivity contribution in [3.63, 3.8) is 0 Å². The van der Waals surface area contributed by atoms with Crippen molar-refractivity contribution >= 4 is 5.91 Å². The van der Waals surface area contributed by atoms with Crippen LogP contribution in [0.3, 0.4) is 0 Å². The van der Waals surface area contributed by atoms with Crippen LogP contribution in [-0.4, -0.2) is 56.4 Å². The van der Waals surface area contributed by atoms with Gasteiger partial charge < -0.3 is 19.1 Å². The molecule has 2 aliphatic rings. The minimum absolute atomic E-state index is 0.0904. The maximum absolute atomic E-state index is 12.8. The summed E-state index contributed by atoms with van der Waals surface area (Å²) in [6.07, 6.45) is 3.93. The second-order valence-electron chi connectivity index (χ2n) is 6.71. The van der Waals surface area contributed by atoms with Crippen molar-refractivity contribution in [2.75, 3.05) is 33.9 Å². The standard InChI is InChI=1S/C19H27NO4/c1-22-14-15-5-3-6-16(13-15)18(21)20-10-8-19(9-11-20)17(23-2)7-4-12-24-19/h3,5-6,13,17H,4,7-12,14H2,1-2H3/t17-/m0/s1. The second kappa shape index (κ2) is 7.64. The summed E-state index contributed by atoms with van der Waals surface area (Å²) in [5.74, 6) is 0.0904. The number of likely N-dealkylation sites (tertiary alicyclic amines) is 1. The SMILES string of the molecule is COCc1cccc(C(=O)N2CCC3(CC2)OCCC[C@@H]3OC)c1. The Balaban J connectivity index is 1.65. The van der Waals surface area contributed by atoms with Crippen LogP contribution in [0, 0.1) is 0 Å². The Morgan fingerprint density at radius 2 is 2.12 bits per heavy atom. The van der Waals surface area contributed by atoms with Crippen LogP contribution in [0.2, 0.25) is 0 Å². The third-order valence-electron chi connectivity index (χ3n) is 5.25. The van der Waals surface area contributed by atoms with Gasteiger partial charge in [-0.3, -0.25) is 4.79 Å². The van der Waals surface area contributed by atoms with E-state index >= 15 is 0 Å². The first-order chi connectivity index (χ1) is 11.7. The Kier molecular flexibility index (Phi) is 5.54. The highest BCUT2D eigenvalue weighted by atomic mass is 16.5. The van der Waals surface area contributed by atoms with Gasteiger partial charge in [0.2, 0.25) is 0 Å². The molecule has 1 spiro atoms. The number of hydrogen-bond acceptors (Lipinski definition) is 4. The number of hydrogen-bond donors (Lipinski definition) is 0. The van der Waals surface area contributed by atoms with Gasteiger partial charge in [0.25, 0.3) is 5.91 Å². The summed E-state index contributed by atoms with van der Waals surface area (Å²) in [6, 6.07) is 7.69. The van der Waals surface area contributed by atoms with Gasteiger partial charge in [0.15, 0.2) is 0 Å². The molecule has 2 aliphatic heterocycles. The van der Waals surface area contributed by atoms with E-state index in [1.807, 2.05) is 29.2 Å². The predicted molar refractivity (Wildman–Crippen MR) is 91.0 cm³/mol. The molecular formula is C19H27NO4. The zero-order valence-electron chi connectivity index (χ0n) is 14.6. The third kappa shape index (κ3) is 3.48. The molecule has 2 heterocycles. The van der Waals surface area contributed by atoms with Gasteiger partial charge in [-0.1, -0.05) is 12.1 Å². The highest BCUT2D eigenvalue weighted by Gasteiger charge is 2.45. The van der Waals surface area contributed by atoms with Gasteiger partial charge in [-0.2, -0.15) is 0 Å². The predicted octanol–water partition coefficient (Wildman–Crippen LogP) is 2.63. The number of amides is 1. The average molecular weight is 333 g/mol. The molecule has 3 rings (SSSR count). The van der Waals surface area contributed by atoms with Gasteiger partial charge in [-0.25, -0.2) is 0 Å². The lowest BCUT2D eigenvalue weighted by Crippen LogP contribution is -2.56. The van der Waals surface area contributed by atoms with Crippen molar-refractivity contribution in [1.29, 1.82) is 0 Å². The van der Waals surface area contributed by atoms with Crippen LogP contribution in [-0.2, 0) is 20.8 Å². The molecule has 2 saturated heterocycles. The Bertz CT molecular complexity index is 566. The van der Waals surface area contributed by atoms with Gasteiger partial charge in [-0.05, 0) is 43.4 Å². The minimum Gasteiger partial charge on any atom is -0.380 e. The largest absolute Gasteiger partial charge is 0.380 e. The van der Waals surface area contributed by atoms with Gasteiger partial charge in [0, 0.05) is 39.5 Å². The Morgan fingerprint density at radius 1 is 1.33 bits per heavy atom. The molecule has 5 nitrogen and oxygen atoms in total. The summed E-state index contributed by atoms with van der Waals surface area (Å²) in [5, 5.41) is 0. The normalized spacial score (nSPS) is 23.4. The van der Waals surface area contributed by atoms with E-state index in [0.717, 1.165) is 43.4 Å². The van der Waals surface area contributed by atoms with E-state index in [2.05, 4.69) is 0 Å². The zero-order chi connectivity index (χ0) is 17.0. The van der Waals surface area contributed by atoms with Crippen molar-refractivity contribution in [2.45, 2.75) is 44.0 Å². The van der Waals surface area contributed by atoms with Crippen LogP contribution in [0.25, 0.3) is 0 Å². The smallest absolute Gasteiger partial charge is 0.253 e. The number of ether oxygens (including phenoxy) is 3. The number of methoxy groups -OCH3 is 2. The van der Waals surface area contributed by atoms with Crippen molar-refractivity contribution in [1.82, 2.24) is 4.90 Å². The molecule has 1 amide bonds. The van der Waals surface area contributed by atoms with Crippen LogP contribution in [0.4, 0.5) is 0 Å². The highest BCUT2D eigenvalue weighted by Crippen LogP contribution is 2.37. The van der Waals surface area contributed by atoms with Crippen LogP contribution >= 0.6 is 0 Å². The molecule has 0 radical (unpaired) electrons. The van der Waals surface area contributed by atoms with Crippen molar-refractivity contribution in [2.24, 2.45) is 0 Å². The fourth-order valence-electron chi connectivity index (χ4n) is 3.93. The Labute approximate surface area is 143 Å². The number of carbonyl (C=O) groups excluding carboxylic acids is 1. The molecule has 0 aliphatic carbocycles. The van der Waals surface area contributed by atoms with E-state index in [1.165, 1.54) is 0 Å². The highest BCUT2D eigenvalue weighted by molar-refractivity contribution is 5.94. The summed E-state index contributed by atoms with van der Waals surface area (Å²) in [4.78, 5) is 14.7. The number of nitrogens with zero attached hydrogens (tertiary/aromatic N) is 1. The molecule has 0 bridgehead atoms. The lowest BCUT2D eigenvalue weighted by molar-refractivity contribution is -0.183. The maximum Gasteiger partial charge on any atom is 0.253 e. The van der Waals surface area contributed by atoms with Crippen molar-refractivity contribution < 1.29 is 19.0 Å².